The summed E-state index contributed by atoms with van der Waals surface area (Å²) in [5, 5.41) is 6.46. The molecular weight excluding hydrogens is 316 g/mol. The lowest BCUT2D eigenvalue weighted by Crippen LogP contribution is -2.53. The summed E-state index contributed by atoms with van der Waals surface area (Å²) in [5.74, 6) is -0.129. The summed E-state index contributed by atoms with van der Waals surface area (Å²) in [6, 6.07) is 5.45. The van der Waals surface area contributed by atoms with Crippen molar-refractivity contribution < 1.29 is 9.53 Å². The Hall–Kier alpha value is -1.76. The minimum absolute atomic E-state index is 0. The van der Waals surface area contributed by atoms with Gasteiger partial charge in [0.1, 0.15) is 5.52 Å². The number of benzene rings is 1. The van der Waals surface area contributed by atoms with Crippen molar-refractivity contribution in [2.75, 3.05) is 26.8 Å². The van der Waals surface area contributed by atoms with Gasteiger partial charge < -0.3 is 15.4 Å². The molecule has 23 heavy (non-hydrogen) atoms. The molecule has 1 unspecified atom stereocenters. The van der Waals surface area contributed by atoms with E-state index in [9.17, 15) is 4.79 Å². The summed E-state index contributed by atoms with van der Waals surface area (Å²) in [5.41, 5.74) is 1.74. The highest BCUT2D eigenvalue weighted by molar-refractivity contribution is 6.04. The maximum absolute atomic E-state index is 12.5. The van der Waals surface area contributed by atoms with Crippen LogP contribution in [0.25, 0.3) is 11.0 Å². The maximum atomic E-state index is 12.5. The average molecular weight is 337 g/mol. The van der Waals surface area contributed by atoms with E-state index in [1.54, 1.807) is 25.6 Å². The van der Waals surface area contributed by atoms with Crippen LogP contribution in [0.5, 0.6) is 0 Å². The molecule has 1 aliphatic rings. The van der Waals surface area contributed by atoms with E-state index in [0.29, 0.717) is 24.2 Å². The zero-order chi connectivity index (χ0) is 15.4. The Kier molecular flexibility index (Phi) is 5.87. The van der Waals surface area contributed by atoms with Crippen LogP contribution in [0.1, 0.15) is 23.2 Å². The summed E-state index contributed by atoms with van der Waals surface area (Å²) in [6.45, 7) is 2.08. The molecule has 1 fully saturated rings. The van der Waals surface area contributed by atoms with Gasteiger partial charge in [0.2, 0.25) is 0 Å². The Balaban J connectivity index is 0.00000192. The van der Waals surface area contributed by atoms with Gasteiger partial charge in [0.25, 0.3) is 5.91 Å². The molecule has 2 N–H and O–H groups in total. The SMILES string of the molecule is COCC1(CNC(=O)c2cccc3nccnc23)CCCN1.Cl. The Morgan fingerprint density at radius 1 is 1.39 bits per heavy atom. The molecule has 0 saturated carbocycles. The molecule has 0 spiro atoms. The first kappa shape index (κ1) is 17.6. The Morgan fingerprint density at radius 3 is 2.96 bits per heavy atom. The maximum Gasteiger partial charge on any atom is 0.253 e. The fourth-order valence-corrected chi connectivity index (χ4v) is 2.99. The van der Waals surface area contributed by atoms with E-state index in [1.807, 2.05) is 12.1 Å². The zero-order valence-electron chi connectivity index (χ0n) is 13.0. The van der Waals surface area contributed by atoms with Crippen LogP contribution in [-0.2, 0) is 4.74 Å². The molecule has 0 aliphatic carbocycles. The highest BCUT2D eigenvalue weighted by Crippen LogP contribution is 2.19. The number of rotatable bonds is 5. The van der Waals surface area contributed by atoms with Crippen molar-refractivity contribution in [3.05, 3.63) is 36.2 Å². The third-order valence-electron chi connectivity index (χ3n) is 4.08. The molecule has 1 aliphatic heterocycles. The van der Waals surface area contributed by atoms with Crippen molar-refractivity contribution >= 4 is 29.3 Å². The fourth-order valence-electron chi connectivity index (χ4n) is 2.99. The van der Waals surface area contributed by atoms with Gasteiger partial charge in [-0.05, 0) is 31.5 Å². The van der Waals surface area contributed by atoms with Crippen LogP contribution >= 0.6 is 12.4 Å². The van der Waals surface area contributed by atoms with E-state index < -0.39 is 0 Å². The van der Waals surface area contributed by atoms with Crippen molar-refractivity contribution in [2.24, 2.45) is 0 Å². The molecule has 2 heterocycles. The normalized spacial score (nSPS) is 20.2. The average Bonchev–Trinajstić information content (AvgIpc) is 3.01. The van der Waals surface area contributed by atoms with Crippen LogP contribution < -0.4 is 10.6 Å². The summed E-state index contributed by atoms with van der Waals surface area (Å²) in [4.78, 5) is 21.0. The second-order valence-electron chi connectivity index (χ2n) is 5.66. The molecule has 7 heteroatoms. The number of nitrogens with one attached hydrogen (secondary N) is 2. The van der Waals surface area contributed by atoms with Crippen LogP contribution in [0.4, 0.5) is 0 Å². The van der Waals surface area contributed by atoms with Crippen molar-refractivity contribution in [1.82, 2.24) is 20.6 Å². The highest BCUT2D eigenvalue weighted by atomic mass is 35.5. The molecular formula is C16H21ClN4O2. The van der Waals surface area contributed by atoms with Gasteiger partial charge in [-0.3, -0.25) is 14.8 Å². The lowest BCUT2D eigenvalue weighted by Gasteiger charge is -2.29. The number of halogens is 1. The van der Waals surface area contributed by atoms with Gasteiger partial charge in [0.15, 0.2) is 0 Å². The summed E-state index contributed by atoms with van der Waals surface area (Å²) < 4.78 is 5.30. The quantitative estimate of drug-likeness (QED) is 0.866. The van der Waals surface area contributed by atoms with Gasteiger partial charge in [-0.2, -0.15) is 0 Å². The molecule has 2 aromatic rings. The van der Waals surface area contributed by atoms with E-state index >= 15 is 0 Å². The molecule has 1 aromatic heterocycles. The first-order chi connectivity index (χ1) is 10.7. The molecule has 1 saturated heterocycles. The fraction of sp³-hybridized carbons (Fsp3) is 0.438. The molecule has 0 radical (unpaired) electrons. The minimum Gasteiger partial charge on any atom is -0.383 e. The number of carbonyl (C=O) groups is 1. The smallest absolute Gasteiger partial charge is 0.253 e. The number of aromatic nitrogens is 2. The number of methoxy groups -OCH3 is 1. The highest BCUT2D eigenvalue weighted by Gasteiger charge is 2.33. The first-order valence-electron chi connectivity index (χ1n) is 7.46. The second-order valence-corrected chi connectivity index (χ2v) is 5.66. The van der Waals surface area contributed by atoms with Gasteiger partial charge in [-0.15, -0.1) is 12.4 Å². The van der Waals surface area contributed by atoms with E-state index in [2.05, 4.69) is 20.6 Å². The zero-order valence-corrected chi connectivity index (χ0v) is 13.9. The third kappa shape index (κ3) is 3.77. The molecule has 3 rings (SSSR count). The molecule has 1 aromatic carbocycles. The number of ether oxygens (including phenoxy) is 1. The second kappa shape index (κ2) is 7.68. The van der Waals surface area contributed by atoms with E-state index in [0.717, 1.165) is 24.9 Å². The van der Waals surface area contributed by atoms with Crippen LogP contribution in [0.3, 0.4) is 0 Å². The molecule has 1 atom stereocenters. The third-order valence-corrected chi connectivity index (χ3v) is 4.08. The van der Waals surface area contributed by atoms with Crippen LogP contribution in [-0.4, -0.2) is 48.2 Å². The lowest BCUT2D eigenvalue weighted by atomic mass is 9.98. The molecule has 124 valence electrons. The first-order valence-corrected chi connectivity index (χ1v) is 7.46. The van der Waals surface area contributed by atoms with E-state index in [-0.39, 0.29) is 23.9 Å². The van der Waals surface area contributed by atoms with E-state index in [1.165, 1.54) is 0 Å². The van der Waals surface area contributed by atoms with Crippen LogP contribution in [0.2, 0.25) is 0 Å². The summed E-state index contributed by atoms with van der Waals surface area (Å²) in [6.07, 6.45) is 5.32. The van der Waals surface area contributed by atoms with Gasteiger partial charge in [-0.1, -0.05) is 6.07 Å². The van der Waals surface area contributed by atoms with Crippen molar-refractivity contribution in [2.45, 2.75) is 18.4 Å². The summed E-state index contributed by atoms with van der Waals surface area (Å²) >= 11 is 0. The largest absolute Gasteiger partial charge is 0.383 e. The number of nitrogens with zero attached hydrogens (tertiary/aromatic N) is 2. The molecule has 6 nitrogen and oxygen atoms in total. The number of carbonyl (C=O) groups excluding carboxylic acids is 1. The monoisotopic (exact) mass is 336 g/mol. The number of hydrogen-bond acceptors (Lipinski definition) is 5. The lowest BCUT2D eigenvalue weighted by molar-refractivity contribution is 0.0893. The van der Waals surface area contributed by atoms with Crippen molar-refractivity contribution in [3.8, 4) is 0 Å². The van der Waals surface area contributed by atoms with Crippen LogP contribution in [0, 0.1) is 0 Å². The number of hydrogen-bond donors (Lipinski definition) is 2. The minimum atomic E-state index is -0.166. The van der Waals surface area contributed by atoms with Crippen molar-refractivity contribution in [1.29, 1.82) is 0 Å². The Morgan fingerprint density at radius 2 is 2.22 bits per heavy atom. The number of amides is 1. The predicted molar refractivity (Wildman–Crippen MR) is 91.0 cm³/mol. The predicted octanol–water partition coefficient (Wildman–Crippen LogP) is 1.55. The Labute approximate surface area is 141 Å². The molecule has 1 amide bonds. The van der Waals surface area contributed by atoms with Crippen LogP contribution in [0.15, 0.2) is 30.6 Å². The Bertz CT molecular complexity index is 669. The van der Waals surface area contributed by atoms with E-state index in [4.69, 9.17) is 4.74 Å². The summed E-state index contributed by atoms with van der Waals surface area (Å²) in [7, 11) is 1.68. The van der Waals surface area contributed by atoms with Gasteiger partial charge in [0, 0.05) is 26.0 Å². The molecule has 0 bridgehead atoms. The van der Waals surface area contributed by atoms with Gasteiger partial charge in [-0.25, -0.2) is 0 Å². The van der Waals surface area contributed by atoms with Crippen molar-refractivity contribution in [3.63, 3.8) is 0 Å². The standard InChI is InChI=1S/C16H20N4O2.ClH/c1-22-11-16(6-3-7-20-16)10-19-15(21)12-4-2-5-13-14(12)18-9-8-17-13;/h2,4-5,8-9,20H,3,6-7,10-11H2,1H3,(H,19,21);1H. The van der Waals surface area contributed by atoms with Gasteiger partial charge in [0.05, 0.1) is 23.2 Å². The number of fused-ring (bicyclic) bond motifs is 1. The topological polar surface area (TPSA) is 76.1 Å². The van der Waals surface area contributed by atoms with Gasteiger partial charge >= 0.3 is 0 Å². The number of para-hydroxylation sites is 1.